The van der Waals surface area contributed by atoms with Gasteiger partial charge < -0.3 is 15.4 Å². The van der Waals surface area contributed by atoms with E-state index in [2.05, 4.69) is 36.5 Å². The Kier molecular flexibility index (Phi) is 4.96. The van der Waals surface area contributed by atoms with E-state index in [0.717, 1.165) is 27.4 Å². The molecule has 5 nitrogen and oxygen atoms in total. The van der Waals surface area contributed by atoms with E-state index in [0.29, 0.717) is 11.6 Å². The summed E-state index contributed by atoms with van der Waals surface area (Å²) in [6.45, 7) is 1.86. The molecule has 122 valence electrons. The Morgan fingerprint density at radius 3 is 2.12 bits per heavy atom. The van der Waals surface area contributed by atoms with Crippen LogP contribution in [0.15, 0.2) is 59.1 Å². The SMILES string of the molecule is COc1cccc(Nc2cc(Nc3cccc(Br)c3)nc(C)n2)c1. The molecule has 3 rings (SSSR count). The van der Waals surface area contributed by atoms with Gasteiger partial charge in [0, 0.05) is 28.0 Å². The maximum absolute atomic E-state index is 5.24. The lowest BCUT2D eigenvalue weighted by molar-refractivity contribution is 0.415. The van der Waals surface area contributed by atoms with Crippen molar-refractivity contribution in [1.82, 2.24) is 9.97 Å². The van der Waals surface area contributed by atoms with Gasteiger partial charge in [0.25, 0.3) is 0 Å². The van der Waals surface area contributed by atoms with Crippen LogP contribution in [-0.2, 0) is 0 Å². The van der Waals surface area contributed by atoms with Crippen molar-refractivity contribution in [1.29, 1.82) is 0 Å². The van der Waals surface area contributed by atoms with Gasteiger partial charge in [0.15, 0.2) is 0 Å². The first-order valence-corrected chi connectivity index (χ1v) is 8.21. The van der Waals surface area contributed by atoms with E-state index in [4.69, 9.17) is 4.74 Å². The molecule has 0 aliphatic rings. The van der Waals surface area contributed by atoms with E-state index in [-0.39, 0.29) is 0 Å². The molecule has 0 radical (unpaired) electrons. The second kappa shape index (κ2) is 7.31. The summed E-state index contributed by atoms with van der Waals surface area (Å²) in [6.07, 6.45) is 0. The third kappa shape index (κ3) is 4.23. The molecule has 2 N–H and O–H groups in total. The van der Waals surface area contributed by atoms with Gasteiger partial charge >= 0.3 is 0 Å². The van der Waals surface area contributed by atoms with Crippen LogP contribution in [0.5, 0.6) is 5.75 Å². The van der Waals surface area contributed by atoms with Crippen molar-refractivity contribution in [2.24, 2.45) is 0 Å². The van der Waals surface area contributed by atoms with E-state index < -0.39 is 0 Å². The molecule has 0 spiro atoms. The van der Waals surface area contributed by atoms with Crippen molar-refractivity contribution in [2.75, 3.05) is 17.7 Å². The Balaban J connectivity index is 1.83. The number of hydrogen-bond acceptors (Lipinski definition) is 5. The van der Waals surface area contributed by atoms with Crippen LogP contribution in [0.4, 0.5) is 23.0 Å². The van der Waals surface area contributed by atoms with Crippen molar-refractivity contribution in [3.05, 3.63) is 64.9 Å². The number of halogens is 1. The van der Waals surface area contributed by atoms with Crippen LogP contribution in [0.1, 0.15) is 5.82 Å². The van der Waals surface area contributed by atoms with Crippen LogP contribution in [0.3, 0.4) is 0 Å². The van der Waals surface area contributed by atoms with E-state index in [1.807, 2.05) is 61.5 Å². The van der Waals surface area contributed by atoms with Gasteiger partial charge in [-0.25, -0.2) is 9.97 Å². The van der Waals surface area contributed by atoms with Crippen LogP contribution in [0, 0.1) is 6.92 Å². The largest absolute Gasteiger partial charge is 0.497 e. The number of aryl methyl sites for hydroxylation is 1. The van der Waals surface area contributed by atoms with Gasteiger partial charge in [0.2, 0.25) is 0 Å². The Bertz CT molecular complexity index is 854. The number of benzene rings is 2. The lowest BCUT2D eigenvalue weighted by Gasteiger charge is -2.11. The minimum absolute atomic E-state index is 0.681. The summed E-state index contributed by atoms with van der Waals surface area (Å²) in [5, 5.41) is 6.57. The van der Waals surface area contributed by atoms with Gasteiger partial charge in [-0.3, -0.25) is 0 Å². The zero-order chi connectivity index (χ0) is 16.9. The number of methoxy groups -OCH3 is 1. The molecule has 1 heterocycles. The molecule has 3 aromatic rings. The second-order valence-electron chi connectivity index (χ2n) is 5.18. The van der Waals surface area contributed by atoms with Crippen molar-refractivity contribution >= 4 is 38.9 Å². The maximum Gasteiger partial charge on any atom is 0.136 e. The van der Waals surface area contributed by atoms with Crippen LogP contribution >= 0.6 is 15.9 Å². The molecule has 2 aromatic carbocycles. The standard InChI is InChI=1S/C18H17BrN4O/c1-12-20-17(22-14-6-3-5-13(19)9-14)11-18(21-12)23-15-7-4-8-16(10-15)24-2/h3-11H,1-2H3,(H2,20,21,22,23). The third-order valence-corrected chi connectivity index (χ3v) is 3.77. The van der Waals surface area contributed by atoms with Crippen molar-refractivity contribution in [3.63, 3.8) is 0 Å². The summed E-state index contributed by atoms with van der Waals surface area (Å²) >= 11 is 3.47. The average molecular weight is 385 g/mol. The monoisotopic (exact) mass is 384 g/mol. The van der Waals surface area contributed by atoms with Gasteiger partial charge in [-0.2, -0.15) is 0 Å². The Labute approximate surface area is 149 Å². The number of rotatable bonds is 5. The molecule has 24 heavy (non-hydrogen) atoms. The topological polar surface area (TPSA) is 59.1 Å². The summed E-state index contributed by atoms with van der Waals surface area (Å²) < 4.78 is 6.25. The number of hydrogen-bond donors (Lipinski definition) is 2. The minimum Gasteiger partial charge on any atom is -0.497 e. The highest BCUT2D eigenvalue weighted by Crippen LogP contribution is 2.24. The highest BCUT2D eigenvalue weighted by atomic mass is 79.9. The number of nitrogens with one attached hydrogen (secondary N) is 2. The van der Waals surface area contributed by atoms with E-state index in [1.54, 1.807) is 7.11 Å². The molecule has 0 unspecified atom stereocenters. The first-order valence-electron chi connectivity index (χ1n) is 7.42. The molecule has 0 aliphatic heterocycles. The highest BCUT2D eigenvalue weighted by molar-refractivity contribution is 9.10. The average Bonchev–Trinajstić information content (AvgIpc) is 2.54. The smallest absolute Gasteiger partial charge is 0.136 e. The zero-order valence-corrected chi connectivity index (χ0v) is 15.0. The van der Waals surface area contributed by atoms with Crippen LogP contribution in [0.25, 0.3) is 0 Å². The van der Waals surface area contributed by atoms with Crippen LogP contribution < -0.4 is 15.4 Å². The lowest BCUT2D eigenvalue weighted by Crippen LogP contribution is -2.01. The van der Waals surface area contributed by atoms with E-state index >= 15 is 0 Å². The summed E-state index contributed by atoms with van der Waals surface area (Å²) in [7, 11) is 1.65. The fraction of sp³-hybridized carbons (Fsp3) is 0.111. The van der Waals surface area contributed by atoms with Crippen molar-refractivity contribution in [3.8, 4) is 5.75 Å². The Morgan fingerprint density at radius 2 is 1.50 bits per heavy atom. The second-order valence-corrected chi connectivity index (χ2v) is 6.09. The molecule has 0 bridgehead atoms. The molecular formula is C18H17BrN4O. The molecule has 0 aliphatic carbocycles. The lowest BCUT2D eigenvalue weighted by atomic mass is 10.3. The first kappa shape index (κ1) is 16.3. The maximum atomic E-state index is 5.24. The fourth-order valence-corrected chi connectivity index (χ4v) is 2.66. The molecule has 0 atom stereocenters. The molecule has 6 heteroatoms. The van der Waals surface area contributed by atoms with Gasteiger partial charge in [0.05, 0.1) is 7.11 Å². The number of anilines is 4. The predicted octanol–water partition coefficient (Wildman–Crippen LogP) is 5.04. The normalized spacial score (nSPS) is 10.3. The first-order chi connectivity index (χ1) is 11.6. The van der Waals surface area contributed by atoms with Crippen LogP contribution in [-0.4, -0.2) is 17.1 Å². The van der Waals surface area contributed by atoms with Gasteiger partial charge in [-0.05, 0) is 37.3 Å². The molecule has 0 amide bonds. The fourth-order valence-electron chi connectivity index (χ4n) is 2.26. The van der Waals surface area contributed by atoms with Crippen molar-refractivity contribution in [2.45, 2.75) is 6.92 Å². The Morgan fingerprint density at radius 1 is 0.875 bits per heavy atom. The molecule has 0 saturated heterocycles. The number of aromatic nitrogens is 2. The van der Waals surface area contributed by atoms with Crippen molar-refractivity contribution < 1.29 is 4.74 Å². The predicted molar refractivity (Wildman–Crippen MR) is 100 cm³/mol. The summed E-state index contributed by atoms with van der Waals surface area (Å²) in [5.74, 6) is 2.91. The molecule has 1 aromatic heterocycles. The van der Waals surface area contributed by atoms with Gasteiger partial charge in [0.1, 0.15) is 23.2 Å². The molecular weight excluding hydrogens is 368 g/mol. The number of ether oxygens (including phenoxy) is 1. The van der Waals surface area contributed by atoms with Gasteiger partial charge in [-0.1, -0.05) is 28.1 Å². The Hall–Kier alpha value is -2.60. The zero-order valence-electron chi connectivity index (χ0n) is 13.4. The third-order valence-electron chi connectivity index (χ3n) is 3.28. The van der Waals surface area contributed by atoms with Crippen LogP contribution in [0.2, 0.25) is 0 Å². The molecule has 0 fully saturated rings. The van der Waals surface area contributed by atoms with E-state index in [9.17, 15) is 0 Å². The highest BCUT2D eigenvalue weighted by Gasteiger charge is 2.04. The summed E-state index contributed by atoms with van der Waals surface area (Å²) in [6, 6.07) is 17.5. The molecule has 0 saturated carbocycles. The minimum atomic E-state index is 0.681. The summed E-state index contributed by atoms with van der Waals surface area (Å²) in [4.78, 5) is 8.86. The van der Waals surface area contributed by atoms with Gasteiger partial charge in [-0.15, -0.1) is 0 Å². The van der Waals surface area contributed by atoms with E-state index in [1.165, 1.54) is 0 Å². The quantitative estimate of drug-likeness (QED) is 0.644. The number of nitrogens with zero attached hydrogens (tertiary/aromatic N) is 2. The summed E-state index contributed by atoms with van der Waals surface area (Å²) in [5.41, 5.74) is 1.86.